The predicted octanol–water partition coefficient (Wildman–Crippen LogP) is 3.66. The number of hydrogen-bond acceptors (Lipinski definition) is 3. The highest BCUT2D eigenvalue weighted by atomic mass is 35.5. The van der Waals surface area contributed by atoms with Gasteiger partial charge in [0.05, 0.1) is 0 Å². The average Bonchev–Trinajstić information content (AvgIpc) is 3.16. The van der Waals surface area contributed by atoms with Crippen LogP contribution in [0.25, 0.3) is 11.1 Å². The van der Waals surface area contributed by atoms with E-state index in [0.717, 1.165) is 35.5 Å². The second-order valence-corrected chi connectivity index (χ2v) is 5.23. The van der Waals surface area contributed by atoms with Crippen molar-refractivity contribution in [2.75, 3.05) is 11.2 Å². The number of rotatable bonds is 5. The lowest BCUT2D eigenvalue weighted by atomic mass is 10.2. The van der Waals surface area contributed by atoms with Crippen LogP contribution in [0.3, 0.4) is 0 Å². The number of aromatic nitrogens is 1. The predicted molar refractivity (Wildman–Crippen MR) is 74.6 cm³/mol. The fourth-order valence-corrected chi connectivity index (χ4v) is 2.11. The Kier molecular flexibility index (Phi) is 3.42. The largest absolute Gasteiger partial charge is 0.440 e. The summed E-state index contributed by atoms with van der Waals surface area (Å²) in [7, 11) is 0. The van der Waals surface area contributed by atoms with Crippen molar-refractivity contribution in [2.45, 2.75) is 31.6 Å². The molecule has 1 N–H and O–H groups in total. The van der Waals surface area contributed by atoms with E-state index >= 15 is 0 Å². The van der Waals surface area contributed by atoms with Crippen molar-refractivity contribution in [3.05, 3.63) is 24.1 Å². The number of hydrogen-bond donors (Lipinski definition) is 1. The van der Waals surface area contributed by atoms with Gasteiger partial charge in [-0.15, -0.1) is 11.6 Å². The third-order valence-electron chi connectivity index (χ3n) is 3.15. The third kappa shape index (κ3) is 2.89. The number of fused-ring (bicyclic) bond motifs is 1. The van der Waals surface area contributed by atoms with E-state index < -0.39 is 0 Å². The molecule has 1 aliphatic carbocycles. The van der Waals surface area contributed by atoms with Crippen molar-refractivity contribution in [3.8, 4) is 0 Å². The monoisotopic (exact) mass is 278 g/mol. The summed E-state index contributed by atoms with van der Waals surface area (Å²) < 4.78 is 5.68. The average molecular weight is 279 g/mol. The van der Waals surface area contributed by atoms with E-state index in [1.807, 2.05) is 18.2 Å². The summed E-state index contributed by atoms with van der Waals surface area (Å²) in [5, 5.41) is 2.84. The van der Waals surface area contributed by atoms with E-state index in [9.17, 15) is 4.79 Å². The first-order chi connectivity index (χ1) is 9.26. The van der Waals surface area contributed by atoms with Gasteiger partial charge in [0, 0.05) is 23.9 Å². The van der Waals surface area contributed by atoms with E-state index in [2.05, 4.69) is 10.3 Å². The summed E-state index contributed by atoms with van der Waals surface area (Å²) in [5.74, 6) is 1.79. The van der Waals surface area contributed by atoms with Crippen LogP contribution < -0.4 is 5.32 Å². The number of nitrogens with zero attached hydrogens (tertiary/aromatic N) is 1. The third-order valence-corrected chi connectivity index (χ3v) is 3.42. The summed E-state index contributed by atoms with van der Waals surface area (Å²) in [6, 6.07) is 5.54. The molecule has 0 bridgehead atoms. The Labute approximate surface area is 116 Å². The van der Waals surface area contributed by atoms with Crippen LogP contribution in [0.1, 0.15) is 37.5 Å². The van der Waals surface area contributed by atoms with Gasteiger partial charge in [-0.1, -0.05) is 0 Å². The number of oxazole rings is 1. The second kappa shape index (κ2) is 5.21. The number of alkyl halides is 1. The molecule has 1 saturated carbocycles. The highest BCUT2D eigenvalue weighted by molar-refractivity contribution is 6.18. The van der Waals surface area contributed by atoms with Crippen LogP contribution in [-0.4, -0.2) is 16.8 Å². The molecule has 0 aliphatic heterocycles. The number of benzene rings is 1. The highest BCUT2D eigenvalue weighted by Crippen LogP contribution is 2.40. The Balaban J connectivity index is 1.75. The van der Waals surface area contributed by atoms with Gasteiger partial charge < -0.3 is 9.73 Å². The molecule has 5 heteroatoms. The molecule has 1 fully saturated rings. The lowest BCUT2D eigenvalue weighted by Crippen LogP contribution is -2.11. The Morgan fingerprint density at radius 3 is 3.05 bits per heavy atom. The minimum atomic E-state index is -0.0223. The number of anilines is 1. The molecule has 2 aromatic rings. The smallest absolute Gasteiger partial charge is 0.224 e. The Bertz CT molecular complexity index is 605. The first-order valence-electron chi connectivity index (χ1n) is 6.52. The first-order valence-corrected chi connectivity index (χ1v) is 7.06. The fourth-order valence-electron chi connectivity index (χ4n) is 1.98. The van der Waals surface area contributed by atoms with E-state index in [0.29, 0.717) is 24.6 Å². The molecule has 1 heterocycles. The molecule has 0 radical (unpaired) electrons. The standard InChI is InChI=1S/C14H15ClN2O2/c15-7-1-2-13(18)16-10-5-6-12-11(8-10)17-14(19-12)9-3-4-9/h5-6,8-9H,1-4,7H2,(H,16,18). The quantitative estimate of drug-likeness (QED) is 0.849. The summed E-state index contributed by atoms with van der Waals surface area (Å²) in [6.45, 7) is 0. The summed E-state index contributed by atoms with van der Waals surface area (Å²) in [4.78, 5) is 16.1. The second-order valence-electron chi connectivity index (χ2n) is 4.85. The van der Waals surface area contributed by atoms with Crippen molar-refractivity contribution >= 4 is 34.3 Å². The topological polar surface area (TPSA) is 55.1 Å². The molecule has 1 aromatic carbocycles. The number of halogens is 1. The van der Waals surface area contributed by atoms with Gasteiger partial charge in [-0.05, 0) is 37.5 Å². The van der Waals surface area contributed by atoms with Crippen LogP contribution in [0, 0.1) is 0 Å². The first kappa shape index (κ1) is 12.5. The molecule has 0 saturated heterocycles. The zero-order valence-corrected chi connectivity index (χ0v) is 11.2. The molecular weight excluding hydrogens is 264 g/mol. The van der Waals surface area contributed by atoms with Crippen molar-refractivity contribution in [1.29, 1.82) is 0 Å². The molecule has 0 atom stereocenters. The van der Waals surface area contributed by atoms with E-state index in [4.69, 9.17) is 16.0 Å². The Morgan fingerprint density at radius 1 is 1.47 bits per heavy atom. The van der Waals surface area contributed by atoms with Crippen LogP contribution in [0.5, 0.6) is 0 Å². The zero-order chi connectivity index (χ0) is 13.2. The molecule has 4 nitrogen and oxygen atoms in total. The zero-order valence-electron chi connectivity index (χ0n) is 10.5. The molecule has 0 spiro atoms. The fraction of sp³-hybridized carbons (Fsp3) is 0.429. The van der Waals surface area contributed by atoms with Crippen LogP contribution in [-0.2, 0) is 4.79 Å². The number of amides is 1. The van der Waals surface area contributed by atoms with Crippen molar-refractivity contribution < 1.29 is 9.21 Å². The lowest BCUT2D eigenvalue weighted by Gasteiger charge is -2.03. The molecule has 100 valence electrons. The van der Waals surface area contributed by atoms with Crippen LogP contribution in [0.2, 0.25) is 0 Å². The number of carbonyl (C=O) groups excluding carboxylic acids is 1. The summed E-state index contributed by atoms with van der Waals surface area (Å²) >= 11 is 5.56. The van der Waals surface area contributed by atoms with Gasteiger partial charge in [0.25, 0.3) is 0 Å². The lowest BCUT2D eigenvalue weighted by molar-refractivity contribution is -0.116. The van der Waals surface area contributed by atoms with Gasteiger partial charge in [-0.2, -0.15) is 0 Å². The molecule has 1 amide bonds. The van der Waals surface area contributed by atoms with Gasteiger partial charge in [0.2, 0.25) is 5.91 Å². The molecule has 19 heavy (non-hydrogen) atoms. The maximum Gasteiger partial charge on any atom is 0.224 e. The normalized spacial score (nSPS) is 14.8. The van der Waals surface area contributed by atoms with Gasteiger partial charge >= 0.3 is 0 Å². The minimum Gasteiger partial charge on any atom is -0.440 e. The maximum atomic E-state index is 11.6. The van der Waals surface area contributed by atoms with E-state index in [1.165, 1.54) is 0 Å². The molecule has 0 unspecified atom stereocenters. The SMILES string of the molecule is O=C(CCCCl)Nc1ccc2oc(C3CC3)nc2c1. The number of nitrogens with one attached hydrogen (secondary N) is 1. The highest BCUT2D eigenvalue weighted by Gasteiger charge is 2.28. The van der Waals surface area contributed by atoms with E-state index in [1.54, 1.807) is 0 Å². The van der Waals surface area contributed by atoms with Crippen molar-refractivity contribution in [1.82, 2.24) is 4.98 Å². The molecule has 3 rings (SSSR count). The Morgan fingerprint density at radius 2 is 2.32 bits per heavy atom. The van der Waals surface area contributed by atoms with Crippen molar-refractivity contribution in [3.63, 3.8) is 0 Å². The summed E-state index contributed by atoms with van der Waals surface area (Å²) in [5.41, 5.74) is 2.33. The van der Waals surface area contributed by atoms with Crippen LogP contribution in [0.4, 0.5) is 5.69 Å². The maximum absolute atomic E-state index is 11.6. The number of carbonyl (C=O) groups is 1. The van der Waals surface area contributed by atoms with E-state index in [-0.39, 0.29) is 5.91 Å². The molecule has 1 aliphatic rings. The van der Waals surface area contributed by atoms with Gasteiger partial charge in [0.15, 0.2) is 11.5 Å². The van der Waals surface area contributed by atoms with Crippen LogP contribution in [0.15, 0.2) is 22.6 Å². The Hall–Kier alpha value is -1.55. The molecule has 1 aromatic heterocycles. The van der Waals surface area contributed by atoms with Crippen molar-refractivity contribution in [2.24, 2.45) is 0 Å². The summed E-state index contributed by atoms with van der Waals surface area (Å²) in [6.07, 6.45) is 3.45. The van der Waals surface area contributed by atoms with Gasteiger partial charge in [-0.25, -0.2) is 4.98 Å². The van der Waals surface area contributed by atoms with Gasteiger partial charge in [0.1, 0.15) is 5.52 Å². The van der Waals surface area contributed by atoms with Gasteiger partial charge in [-0.3, -0.25) is 4.79 Å². The van der Waals surface area contributed by atoms with Crippen LogP contribution >= 0.6 is 11.6 Å². The molecular formula is C14H15ClN2O2. The minimum absolute atomic E-state index is 0.0223.